The Morgan fingerprint density at radius 3 is 2.52 bits per heavy atom. The van der Waals surface area contributed by atoms with Crippen molar-refractivity contribution in [1.82, 2.24) is 14.4 Å². The number of rotatable bonds is 6. The maximum absolute atomic E-state index is 13.1. The number of nitrogens with zero attached hydrogens (tertiary/aromatic N) is 3. The molecule has 3 aromatic rings. The van der Waals surface area contributed by atoms with Crippen LogP contribution in [0.15, 0.2) is 50.5 Å². The molecule has 8 nitrogen and oxygen atoms in total. The molecule has 4 rings (SSSR count). The Balaban J connectivity index is 1.44. The van der Waals surface area contributed by atoms with Gasteiger partial charge in [-0.05, 0) is 37.4 Å². The summed E-state index contributed by atoms with van der Waals surface area (Å²) < 4.78 is 38.3. The van der Waals surface area contributed by atoms with Crippen molar-refractivity contribution >= 4 is 27.3 Å². The van der Waals surface area contributed by atoms with Gasteiger partial charge in [0.2, 0.25) is 0 Å². The number of carbonyl (C=O) groups is 1. The number of amides is 1. The van der Waals surface area contributed by atoms with Crippen LogP contribution < -0.4 is 4.74 Å². The Hall–Kier alpha value is -2.69. The number of aromatic nitrogens is 1. The molecule has 1 fully saturated rings. The fourth-order valence-electron chi connectivity index (χ4n) is 3.47. The minimum absolute atomic E-state index is 0.178. The van der Waals surface area contributed by atoms with E-state index < -0.39 is 10.0 Å². The first kappa shape index (κ1) is 21.5. The molecule has 164 valence electrons. The van der Waals surface area contributed by atoms with Crippen LogP contribution in [0, 0.1) is 13.8 Å². The second-order valence-corrected chi connectivity index (χ2v) is 10.3. The van der Waals surface area contributed by atoms with E-state index in [1.54, 1.807) is 40.6 Å². The van der Waals surface area contributed by atoms with Crippen molar-refractivity contribution in [3.63, 3.8) is 0 Å². The molecule has 1 aliphatic heterocycles. The summed E-state index contributed by atoms with van der Waals surface area (Å²) in [5.74, 6) is 0.980. The average Bonchev–Trinajstić information content (AvgIpc) is 3.43. The van der Waals surface area contributed by atoms with E-state index in [4.69, 9.17) is 9.26 Å². The number of hydrogen-bond donors (Lipinski definition) is 0. The van der Waals surface area contributed by atoms with Crippen molar-refractivity contribution in [2.45, 2.75) is 24.7 Å². The molecule has 0 saturated carbocycles. The summed E-state index contributed by atoms with van der Waals surface area (Å²) in [7, 11) is -3.51. The molecule has 0 radical (unpaired) electrons. The molecule has 0 aliphatic carbocycles. The van der Waals surface area contributed by atoms with E-state index in [-0.39, 0.29) is 25.6 Å². The summed E-state index contributed by atoms with van der Waals surface area (Å²) >= 11 is 1.20. The normalized spacial score (nSPS) is 15.2. The summed E-state index contributed by atoms with van der Waals surface area (Å²) in [6, 6.07) is 10.4. The van der Waals surface area contributed by atoms with Gasteiger partial charge in [-0.3, -0.25) is 4.79 Å². The predicted octanol–water partition coefficient (Wildman–Crippen LogP) is 3.08. The summed E-state index contributed by atoms with van der Waals surface area (Å²) in [5.41, 5.74) is 2.06. The molecular formula is C21H23N3O5S2. The van der Waals surface area contributed by atoms with Gasteiger partial charge in [-0.25, -0.2) is 8.42 Å². The van der Waals surface area contributed by atoms with Crippen molar-refractivity contribution in [2.24, 2.45) is 0 Å². The van der Waals surface area contributed by atoms with Gasteiger partial charge in [0.25, 0.3) is 15.9 Å². The zero-order valence-electron chi connectivity index (χ0n) is 17.3. The Labute approximate surface area is 185 Å². The minimum Gasteiger partial charge on any atom is -0.488 e. The molecule has 10 heteroatoms. The van der Waals surface area contributed by atoms with E-state index in [0.29, 0.717) is 34.4 Å². The minimum atomic E-state index is -3.51. The number of hydrogen-bond acceptors (Lipinski definition) is 7. The lowest BCUT2D eigenvalue weighted by Gasteiger charge is -2.34. The molecule has 1 amide bonds. The third kappa shape index (κ3) is 4.36. The lowest BCUT2D eigenvalue weighted by molar-refractivity contribution is 0.0693. The molecule has 0 N–H and O–H groups in total. The highest BCUT2D eigenvalue weighted by Crippen LogP contribution is 2.25. The van der Waals surface area contributed by atoms with Crippen LogP contribution in [0.3, 0.4) is 0 Å². The Morgan fingerprint density at radius 2 is 1.87 bits per heavy atom. The Kier molecular flexibility index (Phi) is 6.12. The smallest absolute Gasteiger partial charge is 0.257 e. The number of aryl methyl sites for hydroxylation is 2. The highest BCUT2D eigenvalue weighted by Gasteiger charge is 2.31. The van der Waals surface area contributed by atoms with Crippen molar-refractivity contribution in [2.75, 3.05) is 26.2 Å². The third-order valence-electron chi connectivity index (χ3n) is 5.29. The van der Waals surface area contributed by atoms with Gasteiger partial charge in [0, 0.05) is 26.2 Å². The first-order valence-electron chi connectivity index (χ1n) is 9.84. The predicted molar refractivity (Wildman–Crippen MR) is 116 cm³/mol. The molecular weight excluding hydrogens is 438 g/mol. The van der Waals surface area contributed by atoms with Gasteiger partial charge in [-0.15, -0.1) is 11.3 Å². The molecule has 1 saturated heterocycles. The lowest BCUT2D eigenvalue weighted by atomic mass is 10.1. The highest BCUT2D eigenvalue weighted by molar-refractivity contribution is 7.91. The molecule has 0 atom stereocenters. The van der Waals surface area contributed by atoms with Gasteiger partial charge in [-0.1, -0.05) is 23.4 Å². The standard InChI is InChI=1S/C21H23N3O5S2/c1-15-18(16(2)29-22-15)14-28-19-7-4-3-6-17(19)21(25)23-9-11-24(12-10-23)31(26,27)20-8-5-13-30-20/h3-8,13H,9-12,14H2,1-2H3. The van der Waals surface area contributed by atoms with Gasteiger partial charge >= 0.3 is 0 Å². The molecule has 31 heavy (non-hydrogen) atoms. The summed E-state index contributed by atoms with van der Waals surface area (Å²) in [6.45, 7) is 5.07. The van der Waals surface area contributed by atoms with Crippen LogP contribution in [0.25, 0.3) is 0 Å². The van der Waals surface area contributed by atoms with E-state index in [1.165, 1.54) is 15.6 Å². The summed E-state index contributed by atoms with van der Waals surface area (Å²) in [5, 5.41) is 5.66. The molecule has 0 unspecified atom stereocenters. The van der Waals surface area contributed by atoms with Gasteiger partial charge < -0.3 is 14.2 Å². The van der Waals surface area contributed by atoms with Crippen molar-refractivity contribution in [3.05, 3.63) is 64.4 Å². The number of ether oxygens (including phenoxy) is 1. The van der Waals surface area contributed by atoms with E-state index in [0.717, 1.165) is 11.3 Å². The number of thiophene rings is 1. The second kappa shape index (κ2) is 8.81. The highest BCUT2D eigenvalue weighted by atomic mass is 32.2. The Morgan fingerprint density at radius 1 is 1.13 bits per heavy atom. The monoisotopic (exact) mass is 461 g/mol. The number of sulfonamides is 1. The number of piperazine rings is 1. The first-order valence-corrected chi connectivity index (χ1v) is 12.2. The molecule has 3 heterocycles. The van der Waals surface area contributed by atoms with Crippen molar-refractivity contribution < 1.29 is 22.5 Å². The lowest BCUT2D eigenvalue weighted by Crippen LogP contribution is -2.50. The van der Waals surface area contributed by atoms with Gasteiger partial charge in [-0.2, -0.15) is 4.31 Å². The summed E-state index contributed by atoms with van der Waals surface area (Å²) in [4.78, 5) is 14.8. The zero-order chi connectivity index (χ0) is 22.0. The zero-order valence-corrected chi connectivity index (χ0v) is 18.9. The van der Waals surface area contributed by atoms with Crippen molar-refractivity contribution in [3.8, 4) is 5.75 Å². The van der Waals surface area contributed by atoms with Gasteiger partial charge in [0.15, 0.2) is 0 Å². The van der Waals surface area contributed by atoms with Crippen LogP contribution in [0.2, 0.25) is 0 Å². The van der Waals surface area contributed by atoms with Crippen molar-refractivity contribution in [1.29, 1.82) is 0 Å². The largest absolute Gasteiger partial charge is 0.488 e. The fourth-order valence-corrected chi connectivity index (χ4v) is 6.03. The van der Waals surface area contributed by atoms with Gasteiger partial charge in [0.05, 0.1) is 16.8 Å². The number of benzene rings is 1. The maximum Gasteiger partial charge on any atom is 0.257 e. The van der Waals surface area contributed by atoms with Gasteiger partial charge in [0.1, 0.15) is 22.3 Å². The first-order chi connectivity index (χ1) is 14.9. The average molecular weight is 462 g/mol. The van der Waals surface area contributed by atoms with Crippen LogP contribution in [-0.4, -0.2) is 54.9 Å². The Bertz CT molecular complexity index is 1140. The second-order valence-electron chi connectivity index (χ2n) is 7.22. The summed E-state index contributed by atoms with van der Waals surface area (Å²) in [6.07, 6.45) is 0. The quantitative estimate of drug-likeness (QED) is 0.560. The van der Waals surface area contributed by atoms with Crippen LogP contribution in [-0.2, 0) is 16.6 Å². The SMILES string of the molecule is Cc1noc(C)c1COc1ccccc1C(=O)N1CCN(S(=O)(=O)c2cccs2)CC1. The van der Waals surface area contributed by atoms with E-state index in [2.05, 4.69) is 5.16 Å². The van der Waals surface area contributed by atoms with Crippen LogP contribution in [0.5, 0.6) is 5.75 Å². The van der Waals surface area contributed by atoms with E-state index >= 15 is 0 Å². The van der Waals surface area contributed by atoms with Crippen LogP contribution in [0.4, 0.5) is 0 Å². The van der Waals surface area contributed by atoms with Crippen LogP contribution >= 0.6 is 11.3 Å². The number of carbonyl (C=O) groups excluding carboxylic acids is 1. The van der Waals surface area contributed by atoms with Crippen LogP contribution in [0.1, 0.15) is 27.4 Å². The molecule has 2 aromatic heterocycles. The fraction of sp³-hybridized carbons (Fsp3) is 0.333. The van der Waals surface area contributed by atoms with E-state index in [9.17, 15) is 13.2 Å². The topological polar surface area (TPSA) is 93.0 Å². The maximum atomic E-state index is 13.1. The molecule has 1 aromatic carbocycles. The molecule has 1 aliphatic rings. The van der Waals surface area contributed by atoms with E-state index in [1.807, 2.05) is 19.9 Å². The third-order valence-corrected chi connectivity index (χ3v) is 8.56. The number of para-hydroxylation sites is 1. The molecule has 0 spiro atoms. The molecule has 0 bridgehead atoms.